The van der Waals surface area contributed by atoms with Gasteiger partial charge in [-0.1, -0.05) is 12.1 Å². The van der Waals surface area contributed by atoms with Gasteiger partial charge < -0.3 is 14.7 Å². The molecular weight excluding hydrogens is 412 g/mol. The number of thiophene rings is 1. The highest BCUT2D eigenvalue weighted by atomic mass is 32.1. The van der Waals surface area contributed by atoms with Gasteiger partial charge in [0.2, 0.25) is 0 Å². The van der Waals surface area contributed by atoms with Gasteiger partial charge in [0.1, 0.15) is 17.6 Å². The van der Waals surface area contributed by atoms with Gasteiger partial charge in [0, 0.05) is 16.6 Å². The fraction of sp³-hybridized carbons (Fsp3) is 0.208. The maximum Gasteiger partial charge on any atom is 0.296 e. The molecule has 158 valence electrons. The van der Waals surface area contributed by atoms with Crippen molar-refractivity contribution in [3.05, 3.63) is 87.9 Å². The molecule has 1 saturated heterocycles. The van der Waals surface area contributed by atoms with Gasteiger partial charge in [-0.25, -0.2) is 0 Å². The van der Waals surface area contributed by atoms with Crippen LogP contribution in [0.5, 0.6) is 5.75 Å². The Hall–Kier alpha value is -3.45. The zero-order chi connectivity index (χ0) is 22.0. The first-order valence-corrected chi connectivity index (χ1v) is 10.8. The molecule has 3 heterocycles. The molecule has 3 aromatic rings. The molecule has 7 heteroatoms. The number of pyridine rings is 1. The Morgan fingerprint density at radius 1 is 1.13 bits per heavy atom. The molecule has 1 N–H and O–H groups in total. The molecule has 6 nitrogen and oxygen atoms in total. The van der Waals surface area contributed by atoms with Gasteiger partial charge in [0.25, 0.3) is 11.7 Å². The van der Waals surface area contributed by atoms with E-state index in [1.807, 2.05) is 31.4 Å². The van der Waals surface area contributed by atoms with Gasteiger partial charge in [-0.05, 0) is 61.7 Å². The van der Waals surface area contributed by atoms with Crippen LogP contribution in [-0.2, 0) is 16.1 Å². The SMILES string of the molecule is CC(C)Oc1ccc(/C(O)=C2/C(=O)C(=O)N(Cc3cccs3)C2c2ccccn2)cc1. The molecule has 0 saturated carbocycles. The van der Waals surface area contributed by atoms with Gasteiger partial charge in [-0.15, -0.1) is 11.3 Å². The molecule has 1 aliphatic heterocycles. The molecule has 1 atom stereocenters. The van der Waals surface area contributed by atoms with Crippen molar-refractivity contribution in [2.24, 2.45) is 0 Å². The number of nitrogens with zero attached hydrogens (tertiary/aromatic N) is 2. The van der Waals surface area contributed by atoms with Gasteiger partial charge in [-0.3, -0.25) is 14.6 Å². The number of ketones is 1. The monoisotopic (exact) mass is 434 g/mol. The van der Waals surface area contributed by atoms with E-state index >= 15 is 0 Å². The Morgan fingerprint density at radius 3 is 2.52 bits per heavy atom. The Morgan fingerprint density at radius 2 is 1.90 bits per heavy atom. The number of aliphatic hydroxyl groups excluding tert-OH is 1. The lowest BCUT2D eigenvalue weighted by molar-refractivity contribution is -0.140. The van der Waals surface area contributed by atoms with Crippen LogP contribution in [0.25, 0.3) is 5.76 Å². The van der Waals surface area contributed by atoms with Gasteiger partial charge in [-0.2, -0.15) is 0 Å². The van der Waals surface area contributed by atoms with E-state index in [-0.39, 0.29) is 24.0 Å². The second-order valence-corrected chi connectivity index (χ2v) is 8.48. The third kappa shape index (κ3) is 4.22. The van der Waals surface area contributed by atoms with Crippen molar-refractivity contribution < 1.29 is 19.4 Å². The summed E-state index contributed by atoms with van der Waals surface area (Å²) in [5, 5.41) is 13.0. The number of Topliss-reactive ketones (excluding diaryl/α,β-unsaturated/α-hetero) is 1. The van der Waals surface area contributed by atoms with Crippen LogP contribution in [0.1, 0.15) is 36.0 Å². The first-order valence-electron chi connectivity index (χ1n) is 9.94. The van der Waals surface area contributed by atoms with E-state index in [4.69, 9.17) is 4.74 Å². The average Bonchev–Trinajstić information content (AvgIpc) is 3.36. The first kappa shape index (κ1) is 20.8. The van der Waals surface area contributed by atoms with Crippen molar-refractivity contribution in [3.8, 4) is 5.75 Å². The number of benzene rings is 1. The first-order chi connectivity index (χ1) is 15.0. The summed E-state index contributed by atoms with van der Waals surface area (Å²) in [6.07, 6.45) is 1.63. The van der Waals surface area contributed by atoms with E-state index < -0.39 is 17.7 Å². The summed E-state index contributed by atoms with van der Waals surface area (Å²) in [5.41, 5.74) is 1.00. The van der Waals surface area contributed by atoms with Crippen molar-refractivity contribution >= 4 is 28.8 Å². The quantitative estimate of drug-likeness (QED) is 0.350. The van der Waals surface area contributed by atoms with E-state index in [2.05, 4.69) is 4.98 Å². The van der Waals surface area contributed by atoms with E-state index in [1.165, 1.54) is 16.2 Å². The number of aliphatic hydroxyl groups is 1. The molecular formula is C24H22N2O4S. The third-order valence-corrected chi connectivity index (χ3v) is 5.77. The molecule has 0 aliphatic carbocycles. The molecule has 1 fully saturated rings. The van der Waals surface area contributed by atoms with E-state index in [9.17, 15) is 14.7 Å². The smallest absolute Gasteiger partial charge is 0.296 e. The Kier molecular flexibility index (Phi) is 5.86. The largest absolute Gasteiger partial charge is 0.507 e. The zero-order valence-electron chi connectivity index (χ0n) is 17.2. The lowest BCUT2D eigenvalue weighted by atomic mass is 9.98. The Labute approximate surface area is 184 Å². The molecule has 0 bridgehead atoms. The maximum absolute atomic E-state index is 13.0. The van der Waals surface area contributed by atoms with Gasteiger partial charge in [0.15, 0.2) is 0 Å². The highest BCUT2D eigenvalue weighted by Crippen LogP contribution is 2.40. The minimum atomic E-state index is -0.769. The minimum Gasteiger partial charge on any atom is -0.507 e. The predicted molar refractivity (Wildman–Crippen MR) is 119 cm³/mol. The third-order valence-electron chi connectivity index (χ3n) is 4.91. The highest BCUT2D eigenvalue weighted by molar-refractivity contribution is 7.09. The maximum atomic E-state index is 13.0. The fourth-order valence-corrected chi connectivity index (χ4v) is 4.28. The summed E-state index contributed by atoms with van der Waals surface area (Å²) in [5.74, 6) is -0.928. The Bertz CT molecular complexity index is 1110. The van der Waals surface area contributed by atoms with Crippen LogP contribution in [0, 0.1) is 0 Å². The summed E-state index contributed by atoms with van der Waals surface area (Å²) in [6.45, 7) is 4.12. The second kappa shape index (κ2) is 8.73. The number of rotatable bonds is 6. The van der Waals surface area contributed by atoms with E-state index in [0.29, 0.717) is 17.0 Å². The number of carbonyl (C=O) groups excluding carboxylic acids is 2. The molecule has 0 radical (unpaired) electrons. The summed E-state index contributed by atoms with van der Waals surface area (Å²) >= 11 is 1.50. The van der Waals surface area contributed by atoms with Crippen molar-refractivity contribution in [3.63, 3.8) is 0 Å². The average molecular weight is 435 g/mol. The number of aromatic nitrogens is 1. The minimum absolute atomic E-state index is 0.0196. The summed E-state index contributed by atoms with van der Waals surface area (Å²) < 4.78 is 5.64. The predicted octanol–water partition coefficient (Wildman–Crippen LogP) is 4.55. The fourth-order valence-electron chi connectivity index (χ4n) is 3.58. The number of ether oxygens (including phenoxy) is 1. The summed E-state index contributed by atoms with van der Waals surface area (Å²) in [4.78, 5) is 32.7. The van der Waals surface area contributed by atoms with Crippen molar-refractivity contribution in [2.45, 2.75) is 32.5 Å². The van der Waals surface area contributed by atoms with Crippen LogP contribution < -0.4 is 4.74 Å². The highest BCUT2D eigenvalue weighted by Gasteiger charge is 2.46. The van der Waals surface area contributed by atoms with Crippen LogP contribution in [-0.4, -0.2) is 32.8 Å². The number of likely N-dealkylation sites (tertiary alicyclic amines) is 1. The molecule has 0 spiro atoms. The molecule has 31 heavy (non-hydrogen) atoms. The molecule has 1 amide bonds. The summed E-state index contributed by atoms with van der Waals surface area (Å²) in [6, 6.07) is 15.2. The lowest BCUT2D eigenvalue weighted by Gasteiger charge is -2.24. The molecule has 1 aromatic carbocycles. The van der Waals surface area contributed by atoms with Crippen LogP contribution in [0.4, 0.5) is 0 Å². The topological polar surface area (TPSA) is 79.7 Å². The molecule has 1 aliphatic rings. The molecule has 1 unspecified atom stereocenters. The lowest BCUT2D eigenvalue weighted by Crippen LogP contribution is -2.29. The Balaban J connectivity index is 1.78. The van der Waals surface area contributed by atoms with Crippen molar-refractivity contribution in [1.82, 2.24) is 9.88 Å². The number of hydrogen-bond acceptors (Lipinski definition) is 6. The number of amides is 1. The van der Waals surface area contributed by atoms with Crippen LogP contribution in [0.2, 0.25) is 0 Å². The van der Waals surface area contributed by atoms with Gasteiger partial charge >= 0.3 is 0 Å². The van der Waals surface area contributed by atoms with Crippen molar-refractivity contribution in [1.29, 1.82) is 0 Å². The number of hydrogen-bond donors (Lipinski definition) is 1. The second-order valence-electron chi connectivity index (χ2n) is 7.45. The zero-order valence-corrected chi connectivity index (χ0v) is 18.0. The molecule has 4 rings (SSSR count). The van der Waals surface area contributed by atoms with Crippen LogP contribution in [0.15, 0.2) is 71.7 Å². The standard InChI is InChI=1S/C24H22N2O4S/c1-15(2)30-17-10-8-16(9-11-17)22(27)20-21(19-7-3-4-12-25-19)26(24(29)23(20)28)14-18-6-5-13-31-18/h3-13,15,21,27H,14H2,1-2H3/b22-20-. The summed E-state index contributed by atoms with van der Waals surface area (Å²) in [7, 11) is 0. The van der Waals surface area contributed by atoms with Crippen molar-refractivity contribution in [2.75, 3.05) is 0 Å². The van der Waals surface area contributed by atoms with Crippen LogP contribution in [0.3, 0.4) is 0 Å². The van der Waals surface area contributed by atoms with E-state index in [1.54, 1.807) is 48.7 Å². The molecule has 2 aromatic heterocycles. The van der Waals surface area contributed by atoms with Gasteiger partial charge in [0.05, 0.1) is 23.9 Å². The normalized spacial score (nSPS) is 18.0. The van der Waals surface area contributed by atoms with Crippen LogP contribution >= 0.6 is 11.3 Å². The van der Waals surface area contributed by atoms with E-state index in [0.717, 1.165) is 4.88 Å². The number of carbonyl (C=O) groups is 2.